The smallest absolute Gasteiger partial charge is 0.385 e. The summed E-state index contributed by atoms with van der Waals surface area (Å²) in [6, 6.07) is 8.91. The lowest BCUT2D eigenvalue weighted by molar-refractivity contribution is -0.137. The van der Waals surface area contributed by atoms with Gasteiger partial charge < -0.3 is 14.2 Å². The minimum Gasteiger partial charge on any atom is -0.385 e. The van der Waals surface area contributed by atoms with Gasteiger partial charge in [0.05, 0.1) is 12.1 Å². The number of ether oxygens (including phenoxy) is 1. The van der Waals surface area contributed by atoms with Crippen LogP contribution in [0.15, 0.2) is 42.6 Å². The van der Waals surface area contributed by atoms with E-state index in [-0.39, 0.29) is 12.5 Å². The number of amides is 1. The highest BCUT2D eigenvalue weighted by atomic mass is 35.5. The molecule has 0 aliphatic heterocycles. The van der Waals surface area contributed by atoms with Crippen LogP contribution in [0.25, 0.3) is 0 Å². The number of hydrogen-bond acceptors (Lipinski definition) is 2. The summed E-state index contributed by atoms with van der Waals surface area (Å²) in [5, 5.41) is -0.658. The minimum absolute atomic E-state index is 0.190. The van der Waals surface area contributed by atoms with Gasteiger partial charge in [-0.25, -0.2) is 0 Å². The lowest BCUT2D eigenvalue weighted by Gasteiger charge is -2.24. The second-order valence-electron chi connectivity index (χ2n) is 6.55. The second-order valence-corrected chi connectivity index (χ2v) is 7.20. The molecule has 0 radical (unpaired) electrons. The van der Waals surface area contributed by atoms with Crippen LogP contribution in [0.5, 0.6) is 0 Å². The molecule has 1 aromatic carbocycles. The molecule has 1 atom stereocenters. The molecule has 28 heavy (non-hydrogen) atoms. The fourth-order valence-electron chi connectivity index (χ4n) is 2.90. The van der Waals surface area contributed by atoms with E-state index >= 15 is 0 Å². The summed E-state index contributed by atoms with van der Waals surface area (Å²) < 4.78 is 45.7. The summed E-state index contributed by atoms with van der Waals surface area (Å²) in [6.45, 7) is 3.23. The Hall–Kier alpha value is -1.99. The van der Waals surface area contributed by atoms with Gasteiger partial charge in [-0.15, -0.1) is 11.6 Å². The van der Waals surface area contributed by atoms with Gasteiger partial charge in [0.15, 0.2) is 0 Å². The summed E-state index contributed by atoms with van der Waals surface area (Å²) in [5.41, 5.74) is 0.682. The molecule has 1 amide bonds. The number of nitrogens with zero attached hydrogens (tertiary/aromatic N) is 2. The van der Waals surface area contributed by atoms with Crippen molar-refractivity contribution in [3.8, 4) is 0 Å². The molecule has 0 spiro atoms. The highest BCUT2D eigenvalue weighted by Gasteiger charge is 2.30. The van der Waals surface area contributed by atoms with E-state index in [0.29, 0.717) is 31.7 Å². The molecule has 2 rings (SSSR count). The van der Waals surface area contributed by atoms with Crippen LogP contribution in [0.3, 0.4) is 0 Å². The number of halogens is 4. The van der Waals surface area contributed by atoms with Crippen molar-refractivity contribution in [2.24, 2.45) is 0 Å². The molecule has 0 unspecified atom stereocenters. The van der Waals surface area contributed by atoms with Crippen LogP contribution < -0.4 is 0 Å². The number of carbonyl (C=O) groups is 1. The van der Waals surface area contributed by atoms with E-state index < -0.39 is 17.1 Å². The van der Waals surface area contributed by atoms with Crippen molar-refractivity contribution in [1.29, 1.82) is 0 Å². The van der Waals surface area contributed by atoms with Crippen molar-refractivity contribution in [2.45, 2.75) is 38.0 Å². The summed E-state index contributed by atoms with van der Waals surface area (Å²) in [4.78, 5) is 14.1. The minimum atomic E-state index is -4.38. The van der Waals surface area contributed by atoms with Gasteiger partial charge >= 0.3 is 6.18 Å². The first-order valence-electron chi connectivity index (χ1n) is 8.94. The second kappa shape index (κ2) is 9.98. The molecule has 0 aliphatic carbocycles. The van der Waals surface area contributed by atoms with E-state index in [1.807, 2.05) is 16.7 Å². The molecule has 1 aromatic heterocycles. The van der Waals surface area contributed by atoms with Gasteiger partial charge in [0.1, 0.15) is 5.38 Å². The average Bonchev–Trinajstić information content (AvgIpc) is 3.06. The number of rotatable bonds is 9. The average molecular weight is 417 g/mol. The van der Waals surface area contributed by atoms with Crippen LogP contribution in [-0.2, 0) is 28.8 Å². The standard InChI is InChI=1S/C20H24ClF3N2O2/c1-15(21)19(27)26(10-5-11-28-2)14-18-8-4-9-25(18)13-16-6-3-7-17(12-16)20(22,23)24/h3-4,6-9,12,15H,5,10-11,13-14H2,1-2H3/t15-/m1/s1. The lowest BCUT2D eigenvalue weighted by atomic mass is 10.1. The highest BCUT2D eigenvalue weighted by Crippen LogP contribution is 2.29. The topological polar surface area (TPSA) is 34.5 Å². The van der Waals surface area contributed by atoms with Crippen LogP contribution in [0.4, 0.5) is 13.2 Å². The van der Waals surface area contributed by atoms with Crippen LogP contribution >= 0.6 is 11.6 Å². The maximum absolute atomic E-state index is 12.9. The van der Waals surface area contributed by atoms with Crippen molar-refractivity contribution in [1.82, 2.24) is 9.47 Å². The third-order valence-corrected chi connectivity index (χ3v) is 4.50. The zero-order chi connectivity index (χ0) is 20.7. The number of benzene rings is 1. The number of hydrogen-bond donors (Lipinski definition) is 0. The highest BCUT2D eigenvalue weighted by molar-refractivity contribution is 6.30. The molecule has 0 fully saturated rings. The molecule has 0 N–H and O–H groups in total. The Kier molecular flexibility index (Phi) is 7.95. The molecular formula is C20H24ClF3N2O2. The van der Waals surface area contributed by atoms with Crippen LogP contribution in [0.1, 0.15) is 30.2 Å². The van der Waals surface area contributed by atoms with E-state index in [1.165, 1.54) is 6.07 Å². The predicted octanol–water partition coefficient (Wildman–Crippen LogP) is 4.55. The zero-order valence-corrected chi connectivity index (χ0v) is 16.6. The number of alkyl halides is 4. The van der Waals surface area contributed by atoms with Crippen molar-refractivity contribution in [2.75, 3.05) is 20.3 Å². The van der Waals surface area contributed by atoms with Crippen molar-refractivity contribution in [3.05, 3.63) is 59.4 Å². The summed E-state index contributed by atoms with van der Waals surface area (Å²) >= 11 is 5.97. The fraction of sp³-hybridized carbons (Fsp3) is 0.450. The Bertz CT molecular complexity index is 775. The Morgan fingerprint density at radius 3 is 2.68 bits per heavy atom. The van der Waals surface area contributed by atoms with E-state index in [4.69, 9.17) is 16.3 Å². The van der Waals surface area contributed by atoms with Gasteiger partial charge in [-0.2, -0.15) is 13.2 Å². The monoisotopic (exact) mass is 416 g/mol. The Morgan fingerprint density at radius 2 is 2.04 bits per heavy atom. The SMILES string of the molecule is COCCCN(Cc1cccn1Cc1cccc(C(F)(F)F)c1)C(=O)[C@@H](C)Cl. The predicted molar refractivity (Wildman–Crippen MR) is 102 cm³/mol. The molecule has 4 nitrogen and oxygen atoms in total. The van der Waals surface area contributed by atoms with Gasteiger partial charge in [0.25, 0.3) is 0 Å². The van der Waals surface area contributed by atoms with Crippen LogP contribution in [0.2, 0.25) is 0 Å². The van der Waals surface area contributed by atoms with Crippen molar-refractivity contribution in [3.63, 3.8) is 0 Å². The van der Waals surface area contributed by atoms with E-state index in [9.17, 15) is 18.0 Å². The molecular weight excluding hydrogens is 393 g/mol. The number of aromatic nitrogens is 1. The number of methoxy groups -OCH3 is 1. The molecule has 0 saturated carbocycles. The Morgan fingerprint density at radius 1 is 1.29 bits per heavy atom. The maximum atomic E-state index is 12.9. The van der Waals surface area contributed by atoms with Gasteiger partial charge in [0, 0.05) is 38.7 Å². The Labute approximate surface area is 167 Å². The van der Waals surface area contributed by atoms with E-state index in [2.05, 4.69) is 0 Å². The summed E-state index contributed by atoms with van der Waals surface area (Å²) in [7, 11) is 1.59. The van der Waals surface area contributed by atoms with Crippen LogP contribution in [0, 0.1) is 0 Å². The van der Waals surface area contributed by atoms with Gasteiger partial charge in [-0.1, -0.05) is 12.1 Å². The number of carbonyl (C=O) groups excluding carboxylic acids is 1. The first-order chi connectivity index (χ1) is 13.2. The van der Waals surface area contributed by atoms with Crippen molar-refractivity contribution >= 4 is 17.5 Å². The van der Waals surface area contributed by atoms with Gasteiger partial charge in [-0.05, 0) is 43.2 Å². The third kappa shape index (κ3) is 6.27. The quantitative estimate of drug-likeness (QED) is 0.444. The van der Waals surface area contributed by atoms with E-state index in [1.54, 1.807) is 31.2 Å². The molecule has 2 aromatic rings. The molecule has 0 bridgehead atoms. The Balaban J connectivity index is 2.16. The largest absolute Gasteiger partial charge is 0.416 e. The fourth-order valence-corrected chi connectivity index (χ4v) is 3.04. The van der Waals surface area contributed by atoms with Gasteiger partial charge in [-0.3, -0.25) is 4.79 Å². The molecule has 1 heterocycles. The first-order valence-corrected chi connectivity index (χ1v) is 9.38. The normalized spacial score (nSPS) is 12.8. The first kappa shape index (κ1) is 22.3. The van der Waals surface area contributed by atoms with Crippen molar-refractivity contribution < 1.29 is 22.7 Å². The van der Waals surface area contributed by atoms with Gasteiger partial charge in [0.2, 0.25) is 5.91 Å². The zero-order valence-electron chi connectivity index (χ0n) is 15.9. The molecule has 154 valence electrons. The van der Waals surface area contributed by atoms with Crippen LogP contribution in [-0.4, -0.2) is 41.0 Å². The molecule has 0 saturated heterocycles. The summed E-state index contributed by atoms with van der Waals surface area (Å²) in [6.07, 6.45) is -1.92. The molecule has 8 heteroatoms. The lowest BCUT2D eigenvalue weighted by Crippen LogP contribution is -2.37. The van der Waals surface area contributed by atoms with E-state index in [0.717, 1.165) is 17.8 Å². The molecule has 0 aliphatic rings. The third-order valence-electron chi connectivity index (χ3n) is 4.31. The maximum Gasteiger partial charge on any atom is 0.416 e. The summed E-state index contributed by atoms with van der Waals surface area (Å²) in [5.74, 6) is -0.190.